The van der Waals surface area contributed by atoms with Gasteiger partial charge in [-0.3, -0.25) is 9.80 Å². The van der Waals surface area contributed by atoms with Crippen LogP contribution >= 0.6 is 0 Å². The van der Waals surface area contributed by atoms with E-state index in [-0.39, 0.29) is 10.4 Å². The largest absolute Gasteiger partial charge is 0.383 e. The summed E-state index contributed by atoms with van der Waals surface area (Å²) in [7, 11) is -1.76. The first-order valence-electron chi connectivity index (χ1n) is 11.7. The molecule has 1 aromatic rings. The number of likely N-dealkylation sites (tertiary alicyclic amines) is 1. The second-order valence-corrected chi connectivity index (χ2v) is 10.9. The van der Waals surface area contributed by atoms with E-state index >= 15 is 0 Å². The number of methoxy groups -OCH3 is 1. The summed E-state index contributed by atoms with van der Waals surface area (Å²) in [6.45, 7) is 10.4. The van der Waals surface area contributed by atoms with Gasteiger partial charge in [-0.1, -0.05) is 39.5 Å². The molecule has 1 saturated heterocycles. The Hall–Kier alpha value is -0.960. The molecule has 0 N–H and O–H groups in total. The van der Waals surface area contributed by atoms with Crippen molar-refractivity contribution in [3.63, 3.8) is 0 Å². The van der Waals surface area contributed by atoms with Gasteiger partial charge in [-0.2, -0.15) is 0 Å². The number of likely N-dealkylation sites (N-methyl/N-ethyl adjacent to an activating group) is 1. The molecule has 0 aromatic carbocycles. The molecule has 0 unspecified atom stereocenters. The maximum Gasteiger partial charge on any atom is 0.228 e. The van der Waals surface area contributed by atoms with Crippen molar-refractivity contribution in [1.29, 1.82) is 0 Å². The minimum atomic E-state index is -3.42. The van der Waals surface area contributed by atoms with Gasteiger partial charge in [-0.15, -0.1) is 0 Å². The number of hydrogen-bond acceptors (Lipinski definition) is 6. The van der Waals surface area contributed by atoms with Crippen molar-refractivity contribution in [2.45, 2.75) is 88.3 Å². The van der Waals surface area contributed by atoms with Gasteiger partial charge >= 0.3 is 0 Å². The average Bonchev–Trinajstić information content (AvgIpc) is 3.25. The lowest BCUT2D eigenvalue weighted by atomic mass is 10.2. The first-order valence-corrected chi connectivity index (χ1v) is 13.3. The summed E-state index contributed by atoms with van der Waals surface area (Å²) in [6, 6.07) is 0.588. The van der Waals surface area contributed by atoms with Gasteiger partial charge in [-0.05, 0) is 32.4 Å². The summed E-state index contributed by atoms with van der Waals surface area (Å²) in [5, 5.41) is -0.0451. The van der Waals surface area contributed by atoms with Crippen molar-refractivity contribution in [3.8, 4) is 0 Å². The van der Waals surface area contributed by atoms with Crippen molar-refractivity contribution in [1.82, 2.24) is 19.4 Å². The van der Waals surface area contributed by atoms with Crippen LogP contribution in [0.5, 0.6) is 0 Å². The Balaban J connectivity index is 1.78. The average molecular weight is 441 g/mol. The van der Waals surface area contributed by atoms with Gasteiger partial charge in [0, 0.05) is 39.3 Å². The van der Waals surface area contributed by atoms with E-state index in [2.05, 4.69) is 28.6 Å². The van der Waals surface area contributed by atoms with Crippen LogP contribution in [0.4, 0.5) is 0 Å². The molecule has 2 heterocycles. The lowest BCUT2D eigenvalue weighted by molar-refractivity contribution is 0.180. The zero-order valence-electron chi connectivity index (χ0n) is 19.1. The number of rotatable bonds is 10. The Labute approximate surface area is 182 Å². The number of nitrogens with zero attached hydrogens (tertiary/aromatic N) is 4. The van der Waals surface area contributed by atoms with Crippen molar-refractivity contribution >= 4 is 9.84 Å². The van der Waals surface area contributed by atoms with Crippen LogP contribution in [-0.4, -0.2) is 79.0 Å². The molecule has 1 aliphatic carbocycles. The van der Waals surface area contributed by atoms with Crippen LogP contribution in [0.2, 0.25) is 0 Å². The maximum atomic E-state index is 13.4. The van der Waals surface area contributed by atoms with Gasteiger partial charge in [0.2, 0.25) is 15.0 Å². The van der Waals surface area contributed by atoms with Crippen LogP contribution in [0.1, 0.15) is 64.5 Å². The third-order valence-electron chi connectivity index (χ3n) is 6.88. The van der Waals surface area contributed by atoms with Crippen LogP contribution in [0.3, 0.4) is 0 Å². The fourth-order valence-electron chi connectivity index (χ4n) is 5.09. The Kier molecular flexibility index (Phi) is 8.74. The molecule has 2 fully saturated rings. The Morgan fingerprint density at radius 1 is 1.13 bits per heavy atom. The highest BCUT2D eigenvalue weighted by molar-refractivity contribution is 7.91. The topological polar surface area (TPSA) is 67.7 Å². The van der Waals surface area contributed by atoms with E-state index in [1.165, 1.54) is 6.42 Å². The number of aromatic nitrogens is 2. The SMILES string of the molecule is CCN(CC)[C@@H]1CCN(Cc2cnc(S(=O)(=O)C3CCCCCC3)n2CCOC)C1. The van der Waals surface area contributed by atoms with Gasteiger partial charge in [0.1, 0.15) is 0 Å². The van der Waals surface area contributed by atoms with Crippen molar-refractivity contribution < 1.29 is 13.2 Å². The highest BCUT2D eigenvalue weighted by Gasteiger charge is 2.33. The van der Waals surface area contributed by atoms with Crippen LogP contribution in [0, 0.1) is 0 Å². The predicted molar refractivity (Wildman–Crippen MR) is 119 cm³/mol. The van der Waals surface area contributed by atoms with E-state index in [0.29, 0.717) is 19.2 Å². The van der Waals surface area contributed by atoms with E-state index in [1.807, 2.05) is 4.57 Å². The van der Waals surface area contributed by atoms with Crippen LogP contribution in [0.25, 0.3) is 0 Å². The Morgan fingerprint density at radius 3 is 2.47 bits per heavy atom. The second-order valence-electron chi connectivity index (χ2n) is 8.73. The Bertz CT molecular complexity index is 752. The lowest BCUT2D eigenvalue weighted by Crippen LogP contribution is -2.37. The van der Waals surface area contributed by atoms with E-state index in [4.69, 9.17) is 4.74 Å². The van der Waals surface area contributed by atoms with Crippen molar-refractivity contribution in [3.05, 3.63) is 11.9 Å². The van der Waals surface area contributed by atoms with Gasteiger partial charge < -0.3 is 9.30 Å². The lowest BCUT2D eigenvalue weighted by Gasteiger charge is -2.26. The van der Waals surface area contributed by atoms with Gasteiger partial charge in [0.25, 0.3) is 0 Å². The number of sulfone groups is 1. The third-order valence-corrected chi connectivity index (χ3v) is 9.06. The standard InChI is InChI=1S/C22H40N4O3S/c1-4-25(5-2)19-12-13-24(17-19)18-20-16-23-22(26(20)14-15-29-3)30(27,28)21-10-8-6-7-9-11-21/h16,19,21H,4-15,17-18H2,1-3H3/t19-/m1/s1. The molecule has 7 nitrogen and oxygen atoms in total. The molecule has 2 aliphatic rings. The first-order chi connectivity index (χ1) is 14.5. The molecule has 1 aromatic heterocycles. The van der Waals surface area contributed by atoms with Crippen LogP contribution in [-0.2, 0) is 27.7 Å². The van der Waals surface area contributed by atoms with E-state index in [1.54, 1.807) is 13.3 Å². The maximum absolute atomic E-state index is 13.4. The molecular weight excluding hydrogens is 400 g/mol. The summed E-state index contributed by atoms with van der Waals surface area (Å²) in [4.78, 5) is 9.41. The second kappa shape index (κ2) is 11.1. The van der Waals surface area contributed by atoms with Crippen LogP contribution < -0.4 is 0 Å². The summed E-state index contributed by atoms with van der Waals surface area (Å²) in [6.07, 6.45) is 8.73. The van der Waals surface area contributed by atoms with Crippen molar-refractivity contribution in [2.24, 2.45) is 0 Å². The molecular formula is C22H40N4O3S. The molecule has 30 heavy (non-hydrogen) atoms. The molecule has 3 rings (SSSR count). The summed E-state index contributed by atoms with van der Waals surface area (Å²) < 4.78 is 34.1. The summed E-state index contributed by atoms with van der Waals surface area (Å²) in [5.41, 5.74) is 0.986. The first kappa shape index (κ1) is 23.7. The smallest absolute Gasteiger partial charge is 0.228 e. The number of ether oxygens (including phenoxy) is 1. The minimum absolute atomic E-state index is 0.251. The summed E-state index contributed by atoms with van der Waals surface area (Å²) in [5.74, 6) is 0. The van der Waals surface area contributed by atoms with Gasteiger partial charge in [-0.25, -0.2) is 13.4 Å². The minimum Gasteiger partial charge on any atom is -0.383 e. The fraction of sp³-hybridized carbons (Fsp3) is 0.864. The highest BCUT2D eigenvalue weighted by Crippen LogP contribution is 2.28. The molecule has 1 atom stereocenters. The van der Waals surface area contributed by atoms with E-state index < -0.39 is 9.84 Å². The quantitative estimate of drug-likeness (QED) is 0.521. The molecule has 0 amide bonds. The summed E-state index contributed by atoms with van der Waals surface area (Å²) >= 11 is 0. The van der Waals surface area contributed by atoms with Gasteiger partial charge in [0.15, 0.2) is 0 Å². The predicted octanol–water partition coefficient (Wildman–Crippen LogP) is 2.94. The molecule has 1 saturated carbocycles. The van der Waals surface area contributed by atoms with Crippen molar-refractivity contribution in [2.75, 3.05) is 39.9 Å². The zero-order valence-corrected chi connectivity index (χ0v) is 19.9. The molecule has 172 valence electrons. The van der Waals surface area contributed by atoms with E-state index in [0.717, 1.165) is 76.9 Å². The normalized spacial score (nSPS) is 22.1. The molecule has 0 spiro atoms. The molecule has 1 aliphatic heterocycles. The Morgan fingerprint density at radius 2 is 1.83 bits per heavy atom. The number of imidazole rings is 1. The number of hydrogen-bond donors (Lipinski definition) is 0. The highest BCUT2D eigenvalue weighted by atomic mass is 32.2. The zero-order chi connectivity index (χ0) is 21.6. The third kappa shape index (κ3) is 5.44. The van der Waals surface area contributed by atoms with Gasteiger partial charge in [0.05, 0.1) is 23.7 Å². The fourth-order valence-corrected chi connectivity index (χ4v) is 7.06. The monoisotopic (exact) mass is 440 g/mol. The molecule has 8 heteroatoms. The molecule has 0 bridgehead atoms. The van der Waals surface area contributed by atoms with Crippen LogP contribution in [0.15, 0.2) is 11.4 Å². The molecule has 0 radical (unpaired) electrons. The van der Waals surface area contributed by atoms with E-state index in [9.17, 15) is 8.42 Å².